The van der Waals surface area contributed by atoms with E-state index >= 15 is 0 Å². The molecule has 0 saturated carbocycles. The molecule has 0 aromatic heterocycles. The van der Waals surface area contributed by atoms with Crippen molar-refractivity contribution in [1.29, 1.82) is 0 Å². The number of benzene rings is 1. The zero-order chi connectivity index (χ0) is 14.5. The average Bonchev–Trinajstić information content (AvgIpc) is 2.38. The average molecular weight is 295 g/mol. The minimum atomic E-state index is 0.223. The van der Waals surface area contributed by atoms with E-state index in [0.717, 1.165) is 29.9 Å². The van der Waals surface area contributed by atoms with E-state index in [4.69, 9.17) is 15.2 Å². The predicted molar refractivity (Wildman–Crippen MR) is 84.4 cm³/mol. The maximum atomic E-state index is 6.23. The number of ether oxygens (including phenoxy) is 2. The molecule has 1 aromatic carbocycles. The van der Waals surface area contributed by atoms with Gasteiger partial charge in [0.05, 0.1) is 12.2 Å². The first-order valence-electron chi connectivity index (χ1n) is 7.40. The van der Waals surface area contributed by atoms with E-state index in [9.17, 15) is 0 Å². The summed E-state index contributed by atoms with van der Waals surface area (Å²) < 4.78 is 12.0. The highest BCUT2D eigenvalue weighted by molar-refractivity contribution is 7.99. The van der Waals surface area contributed by atoms with E-state index < -0.39 is 0 Å². The van der Waals surface area contributed by atoms with Crippen LogP contribution in [-0.4, -0.2) is 24.1 Å². The van der Waals surface area contributed by atoms with E-state index in [1.54, 1.807) is 0 Å². The Morgan fingerprint density at radius 1 is 1.30 bits per heavy atom. The number of rotatable bonds is 5. The van der Waals surface area contributed by atoms with Gasteiger partial charge in [-0.15, -0.1) is 11.8 Å². The van der Waals surface area contributed by atoms with Crippen molar-refractivity contribution >= 4 is 11.8 Å². The molecule has 3 nitrogen and oxygen atoms in total. The zero-order valence-electron chi connectivity index (χ0n) is 12.6. The topological polar surface area (TPSA) is 44.5 Å². The number of hydrogen-bond acceptors (Lipinski definition) is 4. The smallest absolute Gasteiger partial charge is 0.125 e. The van der Waals surface area contributed by atoms with Crippen molar-refractivity contribution in [3.63, 3.8) is 0 Å². The van der Waals surface area contributed by atoms with Gasteiger partial charge >= 0.3 is 0 Å². The molecule has 2 atom stereocenters. The molecule has 112 valence electrons. The van der Waals surface area contributed by atoms with E-state index in [-0.39, 0.29) is 18.3 Å². The molecule has 2 rings (SSSR count). The maximum Gasteiger partial charge on any atom is 0.125 e. The normalized spacial score (nSPS) is 26.5. The molecule has 1 aromatic rings. The Hall–Kier alpha value is -0.710. The van der Waals surface area contributed by atoms with Crippen molar-refractivity contribution in [2.24, 2.45) is 5.73 Å². The lowest BCUT2D eigenvalue weighted by Gasteiger charge is -2.32. The fourth-order valence-corrected chi connectivity index (χ4v) is 3.61. The van der Waals surface area contributed by atoms with Crippen molar-refractivity contribution in [2.45, 2.75) is 63.4 Å². The standard InChI is InChI=1S/C16H25NO2S/c1-4-20-16-7-5-6-15(14(16)10-17)19-13-8-11(2)18-12(3)9-13/h5-7,11-13H,4,8-10,17H2,1-3H3. The molecule has 1 aliphatic rings. The Balaban J connectivity index is 2.14. The molecule has 0 radical (unpaired) electrons. The Morgan fingerprint density at radius 3 is 2.60 bits per heavy atom. The molecule has 2 N–H and O–H groups in total. The van der Waals surface area contributed by atoms with Crippen molar-refractivity contribution in [3.8, 4) is 5.75 Å². The van der Waals surface area contributed by atoms with Gasteiger partial charge in [0.25, 0.3) is 0 Å². The summed E-state index contributed by atoms with van der Waals surface area (Å²) in [4.78, 5) is 1.24. The highest BCUT2D eigenvalue weighted by Crippen LogP contribution is 2.32. The van der Waals surface area contributed by atoms with Crippen LogP contribution < -0.4 is 10.5 Å². The minimum Gasteiger partial charge on any atom is -0.490 e. The van der Waals surface area contributed by atoms with Crippen molar-refractivity contribution in [2.75, 3.05) is 5.75 Å². The summed E-state index contributed by atoms with van der Waals surface area (Å²) in [6.45, 7) is 6.89. The Bertz CT molecular complexity index is 428. The lowest BCUT2D eigenvalue weighted by Crippen LogP contribution is -2.35. The Kier molecular flexibility index (Phi) is 5.75. The van der Waals surface area contributed by atoms with Crippen LogP contribution >= 0.6 is 11.8 Å². The second-order valence-electron chi connectivity index (χ2n) is 5.34. The quantitative estimate of drug-likeness (QED) is 0.843. The van der Waals surface area contributed by atoms with Crippen LogP contribution in [0.5, 0.6) is 5.75 Å². The number of hydrogen-bond donors (Lipinski definition) is 1. The number of thioether (sulfide) groups is 1. The van der Waals surface area contributed by atoms with Gasteiger partial charge in [0.15, 0.2) is 0 Å². The molecule has 1 heterocycles. The molecular formula is C16H25NO2S. The van der Waals surface area contributed by atoms with E-state index in [1.807, 2.05) is 17.8 Å². The Labute approximate surface area is 126 Å². The molecule has 0 amide bonds. The van der Waals surface area contributed by atoms with Crippen LogP contribution in [0, 0.1) is 0 Å². The van der Waals surface area contributed by atoms with Gasteiger partial charge in [-0.05, 0) is 31.7 Å². The van der Waals surface area contributed by atoms with E-state index in [0.29, 0.717) is 6.54 Å². The van der Waals surface area contributed by atoms with Gasteiger partial charge in [-0.1, -0.05) is 13.0 Å². The van der Waals surface area contributed by atoms with Gasteiger partial charge < -0.3 is 15.2 Å². The summed E-state index contributed by atoms with van der Waals surface area (Å²) >= 11 is 1.82. The molecule has 0 aliphatic carbocycles. The van der Waals surface area contributed by atoms with E-state index in [2.05, 4.69) is 32.9 Å². The summed E-state index contributed by atoms with van der Waals surface area (Å²) in [5.74, 6) is 1.99. The lowest BCUT2D eigenvalue weighted by atomic mass is 10.0. The van der Waals surface area contributed by atoms with Crippen LogP contribution in [-0.2, 0) is 11.3 Å². The first-order chi connectivity index (χ1) is 9.63. The third kappa shape index (κ3) is 3.90. The predicted octanol–water partition coefficient (Wildman–Crippen LogP) is 3.59. The van der Waals surface area contributed by atoms with Crippen LogP contribution in [0.1, 0.15) is 39.2 Å². The molecule has 20 heavy (non-hydrogen) atoms. The second kappa shape index (κ2) is 7.34. The third-order valence-corrected chi connectivity index (χ3v) is 4.52. The molecule has 0 bridgehead atoms. The molecular weight excluding hydrogens is 270 g/mol. The van der Waals surface area contributed by atoms with Crippen molar-refractivity contribution < 1.29 is 9.47 Å². The van der Waals surface area contributed by atoms with Crippen LogP contribution in [0.3, 0.4) is 0 Å². The molecule has 1 aliphatic heterocycles. The summed E-state index contributed by atoms with van der Waals surface area (Å²) in [6.07, 6.45) is 2.64. The number of nitrogens with two attached hydrogens (primary N) is 1. The van der Waals surface area contributed by atoms with Crippen molar-refractivity contribution in [3.05, 3.63) is 23.8 Å². The second-order valence-corrected chi connectivity index (χ2v) is 6.64. The van der Waals surface area contributed by atoms with Crippen LogP contribution in [0.2, 0.25) is 0 Å². The lowest BCUT2D eigenvalue weighted by molar-refractivity contribution is -0.0723. The highest BCUT2D eigenvalue weighted by atomic mass is 32.2. The van der Waals surface area contributed by atoms with Gasteiger partial charge in [-0.25, -0.2) is 0 Å². The van der Waals surface area contributed by atoms with Gasteiger partial charge in [0.2, 0.25) is 0 Å². The van der Waals surface area contributed by atoms with Gasteiger partial charge in [-0.2, -0.15) is 0 Å². The Morgan fingerprint density at radius 2 is 2.00 bits per heavy atom. The fraction of sp³-hybridized carbons (Fsp3) is 0.625. The summed E-state index contributed by atoms with van der Waals surface area (Å²) in [5, 5.41) is 0. The van der Waals surface area contributed by atoms with Gasteiger partial charge in [0, 0.05) is 29.8 Å². The maximum absolute atomic E-state index is 6.23. The summed E-state index contributed by atoms with van der Waals surface area (Å²) in [7, 11) is 0. The summed E-state index contributed by atoms with van der Waals surface area (Å²) in [5.41, 5.74) is 7.05. The van der Waals surface area contributed by atoms with Crippen molar-refractivity contribution in [1.82, 2.24) is 0 Å². The zero-order valence-corrected chi connectivity index (χ0v) is 13.4. The highest BCUT2D eigenvalue weighted by Gasteiger charge is 2.26. The first kappa shape index (κ1) is 15.7. The van der Waals surface area contributed by atoms with E-state index in [1.165, 1.54) is 4.90 Å². The third-order valence-electron chi connectivity index (χ3n) is 3.54. The molecule has 4 heteroatoms. The molecule has 0 spiro atoms. The van der Waals surface area contributed by atoms with Crippen LogP contribution in [0.25, 0.3) is 0 Å². The van der Waals surface area contributed by atoms with Gasteiger partial charge in [0.1, 0.15) is 11.9 Å². The monoisotopic (exact) mass is 295 g/mol. The van der Waals surface area contributed by atoms with Crippen LogP contribution in [0.4, 0.5) is 0 Å². The molecule has 1 saturated heterocycles. The summed E-state index contributed by atoms with van der Waals surface area (Å²) in [6, 6.07) is 6.21. The van der Waals surface area contributed by atoms with Gasteiger partial charge in [-0.3, -0.25) is 0 Å². The molecule has 2 unspecified atom stereocenters. The molecule has 1 fully saturated rings. The minimum absolute atomic E-state index is 0.223. The largest absolute Gasteiger partial charge is 0.490 e. The fourth-order valence-electron chi connectivity index (χ4n) is 2.77. The first-order valence-corrected chi connectivity index (χ1v) is 8.39. The van der Waals surface area contributed by atoms with Crippen LogP contribution in [0.15, 0.2) is 23.1 Å². The SMILES string of the molecule is CCSc1cccc(OC2CC(C)OC(C)C2)c1CN.